The van der Waals surface area contributed by atoms with Crippen LogP contribution in [-0.4, -0.2) is 4.83 Å². The molecule has 0 amide bonds. The van der Waals surface area contributed by atoms with E-state index in [2.05, 4.69) is 54.0 Å². The molecule has 1 heteroatoms. The molecule has 1 saturated carbocycles. The third kappa shape index (κ3) is 2.38. The molecule has 0 aliphatic heterocycles. The van der Waals surface area contributed by atoms with E-state index in [-0.39, 0.29) is 0 Å². The molecule has 0 radical (unpaired) electrons. The number of hydrogen-bond acceptors (Lipinski definition) is 0. The average molecular weight is 253 g/mol. The Labute approximate surface area is 94.8 Å². The molecule has 3 atom stereocenters. The summed E-state index contributed by atoms with van der Waals surface area (Å²) in [5.74, 6) is 1.85. The molecular formula is C13H17Br. The smallest absolute Gasteiger partial charge is 0.0217 e. The molecule has 0 nitrogen and oxygen atoms in total. The summed E-state index contributed by atoms with van der Waals surface area (Å²) in [6.45, 7) is 4.50. The molecule has 0 heterocycles. The molecule has 3 unspecified atom stereocenters. The molecular weight excluding hydrogens is 236 g/mol. The van der Waals surface area contributed by atoms with E-state index in [4.69, 9.17) is 0 Å². The van der Waals surface area contributed by atoms with Gasteiger partial charge in [0, 0.05) is 4.83 Å². The van der Waals surface area contributed by atoms with Crippen molar-refractivity contribution in [2.24, 2.45) is 11.8 Å². The Morgan fingerprint density at radius 3 is 2.79 bits per heavy atom. The molecule has 1 fully saturated rings. The van der Waals surface area contributed by atoms with E-state index < -0.39 is 0 Å². The van der Waals surface area contributed by atoms with Gasteiger partial charge in [0.15, 0.2) is 0 Å². The van der Waals surface area contributed by atoms with Crippen molar-refractivity contribution in [1.82, 2.24) is 0 Å². The van der Waals surface area contributed by atoms with Crippen LogP contribution in [0.1, 0.15) is 24.5 Å². The second-order valence-electron chi connectivity index (χ2n) is 4.59. The van der Waals surface area contributed by atoms with Crippen LogP contribution in [0.4, 0.5) is 0 Å². The molecule has 2 rings (SSSR count). The van der Waals surface area contributed by atoms with Crippen LogP contribution in [0.15, 0.2) is 24.3 Å². The minimum absolute atomic E-state index is 0.680. The Hall–Kier alpha value is -0.300. The average Bonchev–Trinajstić information content (AvgIpc) is 2.82. The van der Waals surface area contributed by atoms with Gasteiger partial charge in [-0.3, -0.25) is 0 Å². The number of alkyl halides is 1. The number of benzene rings is 1. The van der Waals surface area contributed by atoms with E-state index >= 15 is 0 Å². The standard InChI is InChI=1S/C13H17Br/c1-9-4-3-5-11(6-9)8-13(14)12-7-10(12)2/h3-6,10,12-13H,7-8H2,1-2H3. The van der Waals surface area contributed by atoms with Crippen molar-refractivity contribution in [2.45, 2.75) is 31.5 Å². The lowest BCUT2D eigenvalue weighted by molar-refractivity contribution is 0.701. The molecule has 0 bridgehead atoms. The van der Waals surface area contributed by atoms with Gasteiger partial charge in [0.2, 0.25) is 0 Å². The fourth-order valence-electron chi connectivity index (χ4n) is 2.07. The highest BCUT2D eigenvalue weighted by atomic mass is 79.9. The lowest BCUT2D eigenvalue weighted by atomic mass is 10.0. The molecule has 0 aromatic heterocycles. The first-order valence-corrected chi connectivity index (χ1v) is 6.28. The molecule has 1 aromatic rings. The van der Waals surface area contributed by atoms with E-state index in [9.17, 15) is 0 Å². The van der Waals surface area contributed by atoms with Crippen LogP contribution in [0.3, 0.4) is 0 Å². The maximum absolute atomic E-state index is 3.81. The van der Waals surface area contributed by atoms with Crippen LogP contribution in [0.25, 0.3) is 0 Å². The number of aryl methyl sites for hydroxylation is 1. The van der Waals surface area contributed by atoms with Gasteiger partial charge in [0.05, 0.1) is 0 Å². The van der Waals surface area contributed by atoms with Crippen molar-refractivity contribution < 1.29 is 0 Å². The summed E-state index contributed by atoms with van der Waals surface area (Å²) in [6.07, 6.45) is 2.58. The van der Waals surface area contributed by atoms with Gasteiger partial charge in [-0.15, -0.1) is 0 Å². The zero-order valence-corrected chi connectivity index (χ0v) is 10.4. The van der Waals surface area contributed by atoms with E-state index in [0.29, 0.717) is 4.83 Å². The molecule has 76 valence electrons. The molecule has 0 saturated heterocycles. The van der Waals surface area contributed by atoms with Crippen molar-refractivity contribution in [3.8, 4) is 0 Å². The van der Waals surface area contributed by atoms with Crippen LogP contribution in [-0.2, 0) is 6.42 Å². The summed E-state index contributed by atoms with van der Waals surface area (Å²) in [7, 11) is 0. The van der Waals surface area contributed by atoms with Gasteiger partial charge in [-0.2, -0.15) is 0 Å². The molecule has 1 aliphatic rings. The van der Waals surface area contributed by atoms with E-state index in [1.807, 2.05) is 0 Å². The van der Waals surface area contributed by atoms with Crippen molar-refractivity contribution >= 4 is 15.9 Å². The Balaban J connectivity index is 1.96. The van der Waals surface area contributed by atoms with E-state index in [0.717, 1.165) is 11.8 Å². The first-order valence-electron chi connectivity index (χ1n) is 5.36. The van der Waals surface area contributed by atoms with Crippen LogP contribution in [0.5, 0.6) is 0 Å². The SMILES string of the molecule is Cc1cccc(CC(Br)C2CC2C)c1. The second kappa shape index (κ2) is 4.06. The minimum Gasteiger partial charge on any atom is -0.0884 e. The first kappa shape index (κ1) is 10.2. The minimum atomic E-state index is 0.680. The fourth-order valence-corrected chi connectivity index (χ4v) is 3.18. The van der Waals surface area contributed by atoms with Gasteiger partial charge in [-0.05, 0) is 37.2 Å². The van der Waals surface area contributed by atoms with Crippen molar-refractivity contribution in [2.75, 3.05) is 0 Å². The molecule has 0 N–H and O–H groups in total. The van der Waals surface area contributed by atoms with Crippen molar-refractivity contribution in [3.63, 3.8) is 0 Å². The Bertz CT molecular complexity index is 319. The summed E-state index contributed by atoms with van der Waals surface area (Å²) in [5, 5.41) is 0. The molecule has 14 heavy (non-hydrogen) atoms. The van der Waals surface area contributed by atoms with Crippen molar-refractivity contribution in [3.05, 3.63) is 35.4 Å². The number of rotatable bonds is 3. The third-order valence-electron chi connectivity index (χ3n) is 3.15. The first-order chi connectivity index (χ1) is 6.66. The largest absolute Gasteiger partial charge is 0.0884 e. The monoisotopic (exact) mass is 252 g/mol. The summed E-state index contributed by atoms with van der Waals surface area (Å²) >= 11 is 3.81. The van der Waals surface area contributed by atoms with Crippen LogP contribution in [0, 0.1) is 18.8 Å². The van der Waals surface area contributed by atoms with Gasteiger partial charge >= 0.3 is 0 Å². The fraction of sp³-hybridized carbons (Fsp3) is 0.538. The predicted octanol–water partition coefficient (Wildman–Crippen LogP) is 3.96. The predicted molar refractivity (Wildman–Crippen MR) is 64.9 cm³/mol. The van der Waals surface area contributed by atoms with Gasteiger partial charge in [-0.1, -0.05) is 52.7 Å². The Morgan fingerprint density at radius 2 is 2.21 bits per heavy atom. The lowest BCUT2D eigenvalue weighted by Crippen LogP contribution is -2.06. The lowest BCUT2D eigenvalue weighted by Gasteiger charge is -2.09. The van der Waals surface area contributed by atoms with Gasteiger partial charge in [-0.25, -0.2) is 0 Å². The van der Waals surface area contributed by atoms with Crippen LogP contribution >= 0.6 is 15.9 Å². The summed E-state index contributed by atoms with van der Waals surface area (Å²) in [5.41, 5.74) is 2.83. The maximum atomic E-state index is 3.81. The van der Waals surface area contributed by atoms with E-state index in [1.54, 1.807) is 0 Å². The highest BCUT2D eigenvalue weighted by Crippen LogP contribution is 2.44. The molecule has 0 spiro atoms. The zero-order valence-electron chi connectivity index (χ0n) is 8.83. The topological polar surface area (TPSA) is 0 Å². The zero-order chi connectivity index (χ0) is 10.1. The van der Waals surface area contributed by atoms with Gasteiger partial charge < -0.3 is 0 Å². The number of halogens is 1. The van der Waals surface area contributed by atoms with E-state index in [1.165, 1.54) is 24.0 Å². The quantitative estimate of drug-likeness (QED) is 0.715. The highest BCUT2D eigenvalue weighted by Gasteiger charge is 2.37. The second-order valence-corrected chi connectivity index (χ2v) is 5.76. The van der Waals surface area contributed by atoms with Crippen LogP contribution in [0.2, 0.25) is 0 Å². The Morgan fingerprint density at radius 1 is 1.50 bits per heavy atom. The molecule has 1 aromatic carbocycles. The maximum Gasteiger partial charge on any atom is 0.0217 e. The van der Waals surface area contributed by atoms with Crippen LogP contribution < -0.4 is 0 Å². The summed E-state index contributed by atoms with van der Waals surface area (Å²) in [4.78, 5) is 0.680. The number of hydrogen-bond donors (Lipinski definition) is 0. The van der Waals surface area contributed by atoms with Crippen molar-refractivity contribution in [1.29, 1.82) is 0 Å². The third-order valence-corrected chi connectivity index (χ3v) is 4.15. The normalized spacial score (nSPS) is 27.4. The Kier molecular flexibility index (Phi) is 2.96. The summed E-state index contributed by atoms with van der Waals surface area (Å²) in [6, 6.07) is 8.84. The summed E-state index contributed by atoms with van der Waals surface area (Å²) < 4.78 is 0. The highest BCUT2D eigenvalue weighted by molar-refractivity contribution is 9.09. The van der Waals surface area contributed by atoms with Gasteiger partial charge in [0.1, 0.15) is 0 Å². The van der Waals surface area contributed by atoms with Gasteiger partial charge in [0.25, 0.3) is 0 Å². The molecule has 1 aliphatic carbocycles.